The van der Waals surface area contributed by atoms with E-state index < -0.39 is 5.97 Å². The molecule has 0 aliphatic heterocycles. The number of hydrogen-bond acceptors (Lipinski definition) is 4. The van der Waals surface area contributed by atoms with Crippen molar-refractivity contribution in [1.29, 1.82) is 0 Å². The molecule has 2 rings (SSSR count). The van der Waals surface area contributed by atoms with Crippen molar-refractivity contribution in [1.82, 2.24) is 4.98 Å². The van der Waals surface area contributed by atoms with Crippen LogP contribution < -0.4 is 5.43 Å². The number of carboxylic acids is 1. The summed E-state index contributed by atoms with van der Waals surface area (Å²) in [5, 5.41) is 12.7. The highest BCUT2D eigenvalue weighted by atomic mass is 16.4. The minimum absolute atomic E-state index is 0.245. The van der Waals surface area contributed by atoms with Crippen molar-refractivity contribution < 1.29 is 9.90 Å². The van der Waals surface area contributed by atoms with E-state index in [2.05, 4.69) is 15.5 Å². The number of rotatable bonds is 4. The van der Waals surface area contributed by atoms with Gasteiger partial charge in [-0.3, -0.25) is 10.4 Å². The Morgan fingerprint density at radius 2 is 2.00 bits per heavy atom. The molecule has 18 heavy (non-hydrogen) atoms. The van der Waals surface area contributed by atoms with E-state index in [1.165, 1.54) is 12.1 Å². The Morgan fingerprint density at radius 1 is 1.22 bits per heavy atom. The van der Waals surface area contributed by atoms with E-state index in [4.69, 9.17) is 5.11 Å². The lowest BCUT2D eigenvalue weighted by Gasteiger charge is -2.00. The van der Waals surface area contributed by atoms with Gasteiger partial charge in [0.05, 0.1) is 23.2 Å². The van der Waals surface area contributed by atoms with Gasteiger partial charge in [-0.15, -0.1) is 0 Å². The molecule has 90 valence electrons. The average molecular weight is 241 g/mol. The first kappa shape index (κ1) is 11.8. The first-order valence-electron chi connectivity index (χ1n) is 5.29. The van der Waals surface area contributed by atoms with Crippen LogP contribution in [0.15, 0.2) is 53.8 Å². The number of nitrogens with one attached hydrogen (secondary N) is 1. The predicted molar refractivity (Wildman–Crippen MR) is 68.9 cm³/mol. The largest absolute Gasteiger partial charge is 0.478 e. The van der Waals surface area contributed by atoms with E-state index in [0.29, 0.717) is 5.69 Å². The summed E-state index contributed by atoms with van der Waals surface area (Å²) in [6.45, 7) is 0. The molecule has 5 nitrogen and oxygen atoms in total. The number of hydrazone groups is 1. The van der Waals surface area contributed by atoms with Crippen LogP contribution in [0.1, 0.15) is 16.1 Å². The van der Waals surface area contributed by atoms with Crippen molar-refractivity contribution in [3.63, 3.8) is 0 Å². The molecule has 0 spiro atoms. The average Bonchev–Trinajstić information content (AvgIpc) is 2.40. The highest BCUT2D eigenvalue weighted by molar-refractivity contribution is 5.88. The maximum atomic E-state index is 10.7. The molecule has 0 fully saturated rings. The molecule has 0 bridgehead atoms. The van der Waals surface area contributed by atoms with Gasteiger partial charge in [0.15, 0.2) is 0 Å². The minimum atomic E-state index is -0.946. The fraction of sp³-hybridized carbons (Fsp3) is 0. The molecule has 1 heterocycles. The number of aromatic carboxylic acids is 1. The highest BCUT2D eigenvalue weighted by Crippen LogP contribution is 2.09. The van der Waals surface area contributed by atoms with Crippen LogP contribution >= 0.6 is 0 Å². The number of anilines is 1. The van der Waals surface area contributed by atoms with E-state index in [9.17, 15) is 4.79 Å². The number of pyridine rings is 1. The summed E-state index contributed by atoms with van der Waals surface area (Å²) in [7, 11) is 0. The second-order valence-corrected chi connectivity index (χ2v) is 3.51. The maximum absolute atomic E-state index is 10.7. The number of benzene rings is 1. The van der Waals surface area contributed by atoms with Crippen LogP contribution in [-0.2, 0) is 0 Å². The lowest BCUT2D eigenvalue weighted by Crippen LogP contribution is -1.96. The van der Waals surface area contributed by atoms with Gasteiger partial charge >= 0.3 is 5.97 Å². The highest BCUT2D eigenvalue weighted by Gasteiger charge is 2.00. The summed E-state index contributed by atoms with van der Waals surface area (Å²) in [4.78, 5) is 14.7. The van der Waals surface area contributed by atoms with Gasteiger partial charge in [0, 0.05) is 6.20 Å². The van der Waals surface area contributed by atoms with E-state index in [-0.39, 0.29) is 5.56 Å². The predicted octanol–water partition coefficient (Wildman–Crippen LogP) is 2.23. The number of aromatic nitrogens is 1. The molecular formula is C13H11N3O2. The zero-order valence-electron chi connectivity index (χ0n) is 9.45. The Morgan fingerprint density at radius 3 is 2.61 bits per heavy atom. The molecule has 0 amide bonds. The molecule has 0 unspecified atom stereocenters. The first-order valence-corrected chi connectivity index (χ1v) is 5.29. The second kappa shape index (κ2) is 5.58. The van der Waals surface area contributed by atoms with Gasteiger partial charge in [-0.1, -0.05) is 6.07 Å². The normalized spacial score (nSPS) is 10.4. The number of carbonyl (C=O) groups is 1. The van der Waals surface area contributed by atoms with Crippen molar-refractivity contribution in [2.45, 2.75) is 0 Å². The van der Waals surface area contributed by atoms with Gasteiger partial charge in [0.1, 0.15) is 0 Å². The van der Waals surface area contributed by atoms with E-state index in [0.717, 1.165) is 5.69 Å². The van der Waals surface area contributed by atoms with E-state index in [1.807, 2.05) is 18.2 Å². The lowest BCUT2D eigenvalue weighted by molar-refractivity contribution is 0.0697. The first-order chi connectivity index (χ1) is 8.75. The molecule has 2 aromatic rings. The Balaban J connectivity index is 1.98. The third-order valence-electron chi connectivity index (χ3n) is 2.21. The summed E-state index contributed by atoms with van der Waals surface area (Å²) in [6, 6.07) is 11.9. The molecule has 1 aromatic carbocycles. The zero-order chi connectivity index (χ0) is 12.8. The zero-order valence-corrected chi connectivity index (χ0v) is 9.45. The topological polar surface area (TPSA) is 74.6 Å². The third kappa shape index (κ3) is 3.15. The Kier molecular flexibility index (Phi) is 3.66. The Bertz CT molecular complexity index is 550. The Hall–Kier alpha value is -2.69. The van der Waals surface area contributed by atoms with Gasteiger partial charge in [-0.25, -0.2) is 4.79 Å². The molecule has 0 saturated carbocycles. The van der Waals surface area contributed by atoms with Crippen LogP contribution in [0, 0.1) is 0 Å². The van der Waals surface area contributed by atoms with Crippen molar-refractivity contribution in [2.24, 2.45) is 5.10 Å². The Labute approximate surface area is 104 Å². The van der Waals surface area contributed by atoms with Gasteiger partial charge < -0.3 is 5.11 Å². The van der Waals surface area contributed by atoms with Crippen molar-refractivity contribution in [3.05, 3.63) is 59.9 Å². The van der Waals surface area contributed by atoms with Gasteiger partial charge in [0.25, 0.3) is 0 Å². The molecule has 1 aromatic heterocycles. The molecule has 0 atom stereocenters. The third-order valence-corrected chi connectivity index (χ3v) is 2.21. The molecule has 0 aliphatic carbocycles. The van der Waals surface area contributed by atoms with Crippen molar-refractivity contribution in [2.75, 3.05) is 5.43 Å². The van der Waals surface area contributed by atoms with E-state index in [1.54, 1.807) is 24.5 Å². The SMILES string of the molecule is O=C(O)c1ccc(N/N=C/c2ccccn2)cc1. The molecule has 2 N–H and O–H groups in total. The van der Waals surface area contributed by atoms with Gasteiger partial charge in [-0.2, -0.15) is 5.10 Å². The molecule has 5 heteroatoms. The summed E-state index contributed by atoms with van der Waals surface area (Å²) in [5.41, 5.74) is 4.50. The maximum Gasteiger partial charge on any atom is 0.335 e. The van der Waals surface area contributed by atoms with Crippen LogP contribution in [0.5, 0.6) is 0 Å². The minimum Gasteiger partial charge on any atom is -0.478 e. The summed E-state index contributed by atoms with van der Waals surface area (Å²) in [6.07, 6.45) is 3.27. The lowest BCUT2D eigenvalue weighted by atomic mass is 10.2. The smallest absolute Gasteiger partial charge is 0.335 e. The van der Waals surface area contributed by atoms with Gasteiger partial charge in [-0.05, 0) is 36.4 Å². The van der Waals surface area contributed by atoms with Crippen LogP contribution in [-0.4, -0.2) is 22.3 Å². The van der Waals surface area contributed by atoms with Crippen LogP contribution in [0.4, 0.5) is 5.69 Å². The van der Waals surface area contributed by atoms with Crippen LogP contribution in [0.2, 0.25) is 0 Å². The standard InChI is InChI=1S/C13H11N3O2/c17-13(18)10-4-6-11(7-5-10)16-15-9-12-3-1-2-8-14-12/h1-9,16H,(H,17,18)/b15-9+. The quantitative estimate of drug-likeness (QED) is 0.635. The summed E-state index contributed by atoms with van der Waals surface area (Å²) in [5.74, 6) is -0.946. The molecule has 0 radical (unpaired) electrons. The molecular weight excluding hydrogens is 230 g/mol. The monoisotopic (exact) mass is 241 g/mol. The van der Waals surface area contributed by atoms with Crippen LogP contribution in [0.25, 0.3) is 0 Å². The molecule has 0 aliphatic rings. The number of carboxylic acid groups (broad SMARTS) is 1. The number of hydrogen-bond donors (Lipinski definition) is 2. The fourth-order valence-electron chi connectivity index (χ4n) is 1.31. The summed E-state index contributed by atoms with van der Waals surface area (Å²) >= 11 is 0. The second-order valence-electron chi connectivity index (χ2n) is 3.51. The summed E-state index contributed by atoms with van der Waals surface area (Å²) < 4.78 is 0. The van der Waals surface area contributed by atoms with Gasteiger partial charge in [0.2, 0.25) is 0 Å². The number of nitrogens with zero attached hydrogens (tertiary/aromatic N) is 2. The molecule has 0 saturated heterocycles. The fourth-order valence-corrected chi connectivity index (χ4v) is 1.31. The van der Waals surface area contributed by atoms with E-state index >= 15 is 0 Å². The van der Waals surface area contributed by atoms with Crippen LogP contribution in [0.3, 0.4) is 0 Å². The van der Waals surface area contributed by atoms with Crippen molar-refractivity contribution >= 4 is 17.9 Å². The van der Waals surface area contributed by atoms with Crippen molar-refractivity contribution in [3.8, 4) is 0 Å².